The van der Waals surface area contributed by atoms with Crippen molar-refractivity contribution >= 4 is 5.78 Å². The van der Waals surface area contributed by atoms with Crippen LogP contribution in [-0.2, 0) is 5.41 Å². The minimum atomic E-state index is -0.617. The van der Waals surface area contributed by atoms with Crippen LogP contribution in [0.1, 0.15) is 22.3 Å². The first-order valence-electron chi connectivity index (χ1n) is 6.34. The molecule has 0 unspecified atom stereocenters. The number of hydrogen-bond donors (Lipinski definition) is 0. The molecule has 92 valence electrons. The van der Waals surface area contributed by atoms with Crippen LogP contribution in [0.5, 0.6) is 0 Å². The van der Waals surface area contributed by atoms with Crippen LogP contribution in [0.15, 0.2) is 60.7 Å². The summed E-state index contributed by atoms with van der Waals surface area (Å²) >= 11 is 0. The summed E-state index contributed by atoms with van der Waals surface area (Å²) in [5, 5.41) is 9.47. The largest absolute Gasteiger partial charge is 0.294 e. The van der Waals surface area contributed by atoms with E-state index in [0.717, 1.165) is 5.56 Å². The topological polar surface area (TPSA) is 40.9 Å². The maximum Gasteiger partial charge on any atom is 0.167 e. The van der Waals surface area contributed by atoms with E-state index in [1.165, 1.54) is 0 Å². The number of nitrogens with zero attached hydrogens (tertiary/aromatic N) is 1. The molecule has 0 amide bonds. The maximum atomic E-state index is 12.4. The molecule has 2 aromatic rings. The van der Waals surface area contributed by atoms with Gasteiger partial charge < -0.3 is 0 Å². The molecule has 0 aliphatic heterocycles. The van der Waals surface area contributed by atoms with Crippen molar-refractivity contribution in [1.29, 1.82) is 5.26 Å². The lowest BCUT2D eigenvalue weighted by atomic mass is 9.92. The van der Waals surface area contributed by atoms with Crippen LogP contribution in [0, 0.1) is 17.2 Å². The van der Waals surface area contributed by atoms with E-state index >= 15 is 0 Å². The fraction of sp³-hybridized carbons (Fsp3) is 0.176. The zero-order chi connectivity index (χ0) is 13.3. The van der Waals surface area contributed by atoms with Gasteiger partial charge in [-0.15, -0.1) is 0 Å². The predicted octanol–water partition coefficient (Wildman–Crippen LogP) is 3.35. The molecular formula is C17H13NO. The standard InChI is InChI=1S/C17H13NO/c18-12-17(14-9-5-2-6-10-14)11-15(17)16(19)13-7-3-1-4-8-13/h1-10,15H,11H2/t15-,17-/m0/s1. The molecule has 1 aliphatic carbocycles. The molecule has 1 aliphatic rings. The maximum absolute atomic E-state index is 12.4. The summed E-state index contributed by atoms with van der Waals surface area (Å²) in [5.74, 6) is -0.131. The van der Waals surface area contributed by atoms with E-state index in [1.807, 2.05) is 60.7 Å². The Morgan fingerprint density at radius 2 is 1.63 bits per heavy atom. The smallest absolute Gasteiger partial charge is 0.167 e. The minimum absolute atomic E-state index is 0.0750. The summed E-state index contributed by atoms with van der Waals surface area (Å²) < 4.78 is 0. The van der Waals surface area contributed by atoms with E-state index in [0.29, 0.717) is 12.0 Å². The van der Waals surface area contributed by atoms with Gasteiger partial charge in [0.2, 0.25) is 0 Å². The third kappa shape index (κ3) is 1.84. The number of ketones is 1. The van der Waals surface area contributed by atoms with Gasteiger partial charge in [-0.25, -0.2) is 0 Å². The van der Waals surface area contributed by atoms with Gasteiger partial charge in [0, 0.05) is 11.5 Å². The molecule has 3 rings (SSSR count). The first-order chi connectivity index (χ1) is 9.28. The summed E-state index contributed by atoms with van der Waals surface area (Å²) in [7, 11) is 0. The molecule has 19 heavy (non-hydrogen) atoms. The Bertz CT molecular complexity index is 642. The van der Waals surface area contributed by atoms with Crippen molar-refractivity contribution in [3.63, 3.8) is 0 Å². The highest BCUT2D eigenvalue weighted by Gasteiger charge is 2.59. The minimum Gasteiger partial charge on any atom is -0.294 e. The second kappa shape index (κ2) is 4.37. The summed E-state index contributed by atoms with van der Waals surface area (Å²) in [6.45, 7) is 0. The number of carbonyl (C=O) groups excluding carboxylic acids is 1. The summed E-state index contributed by atoms with van der Waals surface area (Å²) in [5.41, 5.74) is 1.03. The Morgan fingerprint density at radius 3 is 2.21 bits per heavy atom. The monoisotopic (exact) mass is 247 g/mol. The van der Waals surface area contributed by atoms with Crippen LogP contribution < -0.4 is 0 Å². The van der Waals surface area contributed by atoms with Crippen LogP contribution >= 0.6 is 0 Å². The van der Waals surface area contributed by atoms with Crippen molar-refractivity contribution in [2.45, 2.75) is 11.8 Å². The highest BCUT2D eigenvalue weighted by molar-refractivity contribution is 6.01. The Kier molecular flexibility index (Phi) is 2.68. The Balaban J connectivity index is 1.91. The lowest BCUT2D eigenvalue weighted by molar-refractivity contribution is 0.0961. The second-order valence-corrected chi connectivity index (χ2v) is 4.94. The molecule has 0 radical (unpaired) electrons. The zero-order valence-corrected chi connectivity index (χ0v) is 10.4. The van der Waals surface area contributed by atoms with Gasteiger partial charge in [0.15, 0.2) is 5.78 Å². The van der Waals surface area contributed by atoms with Gasteiger partial charge in [-0.3, -0.25) is 4.79 Å². The Hall–Kier alpha value is -2.40. The number of hydrogen-bond acceptors (Lipinski definition) is 2. The molecule has 0 spiro atoms. The summed E-state index contributed by atoms with van der Waals surface area (Å²) in [4.78, 5) is 12.4. The Labute approximate surface area is 112 Å². The molecule has 0 saturated heterocycles. The third-order valence-corrected chi connectivity index (χ3v) is 3.82. The van der Waals surface area contributed by atoms with Crippen LogP contribution in [0.25, 0.3) is 0 Å². The quantitative estimate of drug-likeness (QED) is 0.780. The Morgan fingerprint density at radius 1 is 1.05 bits per heavy atom. The van der Waals surface area contributed by atoms with Crippen molar-refractivity contribution in [3.05, 3.63) is 71.8 Å². The van der Waals surface area contributed by atoms with E-state index < -0.39 is 5.41 Å². The number of Topliss-reactive ketones (excluding diaryl/α,β-unsaturated/α-hetero) is 1. The van der Waals surface area contributed by atoms with Gasteiger partial charge in [-0.05, 0) is 12.0 Å². The van der Waals surface area contributed by atoms with E-state index in [-0.39, 0.29) is 11.7 Å². The molecule has 2 nitrogen and oxygen atoms in total. The first kappa shape index (κ1) is 11.7. The molecule has 2 aromatic carbocycles. The van der Waals surface area contributed by atoms with Gasteiger partial charge in [-0.2, -0.15) is 5.26 Å². The first-order valence-corrected chi connectivity index (χ1v) is 6.34. The molecular weight excluding hydrogens is 234 g/mol. The predicted molar refractivity (Wildman–Crippen MR) is 72.6 cm³/mol. The second-order valence-electron chi connectivity index (χ2n) is 4.94. The molecule has 0 aromatic heterocycles. The van der Waals surface area contributed by atoms with Crippen molar-refractivity contribution < 1.29 is 4.79 Å². The van der Waals surface area contributed by atoms with Gasteiger partial charge in [0.25, 0.3) is 0 Å². The molecule has 2 atom stereocenters. The fourth-order valence-electron chi connectivity index (χ4n) is 2.63. The van der Waals surface area contributed by atoms with Crippen molar-refractivity contribution in [2.75, 3.05) is 0 Å². The average molecular weight is 247 g/mol. The molecule has 0 heterocycles. The average Bonchev–Trinajstić information content (AvgIpc) is 3.24. The fourth-order valence-corrected chi connectivity index (χ4v) is 2.63. The summed E-state index contributed by atoms with van der Waals surface area (Å²) in [6.07, 6.45) is 0.626. The zero-order valence-electron chi connectivity index (χ0n) is 10.4. The lowest BCUT2D eigenvalue weighted by Gasteiger charge is -2.08. The number of rotatable bonds is 3. The van der Waals surface area contributed by atoms with Gasteiger partial charge in [0.1, 0.15) is 0 Å². The molecule has 0 N–H and O–H groups in total. The highest BCUT2D eigenvalue weighted by Crippen LogP contribution is 2.55. The summed E-state index contributed by atoms with van der Waals surface area (Å²) in [6, 6.07) is 21.2. The van der Waals surface area contributed by atoms with Gasteiger partial charge in [0.05, 0.1) is 11.5 Å². The van der Waals surface area contributed by atoms with E-state index in [1.54, 1.807) is 0 Å². The number of benzene rings is 2. The highest BCUT2D eigenvalue weighted by atomic mass is 16.1. The molecule has 1 saturated carbocycles. The van der Waals surface area contributed by atoms with E-state index in [2.05, 4.69) is 6.07 Å². The molecule has 1 fully saturated rings. The molecule has 0 bridgehead atoms. The van der Waals surface area contributed by atoms with Crippen molar-refractivity contribution in [1.82, 2.24) is 0 Å². The van der Waals surface area contributed by atoms with Crippen LogP contribution in [0.3, 0.4) is 0 Å². The van der Waals surface area contributed by atoms with Gasteiger partial charge in [-0.1, -0.05) is 60.7 Å². The van der Waals surface area contributed by atoms with Crippen LogP contribution in [0.4, 0.5) is 0 Å². The third-order valence-electron chi connectivity index (χ3n) is 3.82. The lowest BCUT2D eigenvalue weighted by Crippen LogP contribution is -2.13. The number of carbonyl (C=O) groups is 1. The normalized spacial score (nSPS) is 24.5. The van der Waals surface area contributed by atoms with E-state index in [4.69, 9.17) is 0 Å². The van der Waals surface area contributed by atoms with Crippen molar-refractivity contribution in [3.8, 4) is 6.07 Å². The van der Waals surface area contributed by atoms with Gasteiger partial charge >= 0.3 is 0 Å². The molecule has 2 heteroatoms. The SMILES string of the molecule is N#C[C@]1(c2ccccc2)C[C@H]1C(=O)c1ccccc1. The van der Waals surface area contributed by atoms with Crippen LogP contribution in [-0.4, -0.2) is 5.78 Å². The van der Waals surface area contributed by atoms with Crippen LogP contribution in [0.2, 0.25) is 0 Å². The number of nitriles is 1. The van der Waals surface area contributed by atoms with Crippen molar-refractivity contribution in [2.24, 2.45) is 5.92 Å². The van der Waals surface area contributed by atoms with E-state index in [9.17, 15) is 10.1 Å².